The summed E-state index contributed by atoms with van der Waals surface area (Å²) in [7, 11) is 1.27. The van der Waals surface area contributed by atoms with Crippen LogP contribution < -0.4 is 21.3 Å². The highest BCUT2D eigenvalue weighted by Gasteiger charge is 2.31. The van der Waals surface area contributed by atoms with Crippen molar-refractivity contribution in [1.82, 2.24) is 21.3 Å². The Balaban J connectivity index is 5.61. The zero-order chi connectivity index (χ0) is 26.4. The largest absolute Gasteiger partial charge is 0.481 e. The van der Waals surface area contributed by atoms with E-state index in [0.29, 0.717) is 0 Å². The number of carboxylic acids is 4. The fourth-order valence-electron chi connectivity index (χ4n) is 2.57. The lowest BCUT2D eigenvalue weighted by Crippen LogP contribution is -2.57. The molecule has 0 unspecified atom stereocenters. The molecule has 190 valence electrons. The Morgan fingerprint density at radius 3 is 1.53 bits per heavy atom. The van der Waals surface area contributed by atoms with Gasteiger partial charge in [-0.3, -0.25) is 33.6 Å². The Kier molecular flexibility index (Phi) is 13.1. The van der Waals surface area contributed by atoms with Gasteiger partial charge in [0.25, 0.3) is 0 Å². The van der Waals surface area contributed by atoms with Crippen molar-refractivity contribution in [2.24, 2.45) is 0 Å². The molecule has 0 rings (SSSR count). The third-order valence-corrected chi connectivity index (χ3v) is 4.22. The molecular formula is C18H26N4O12. The molecule has 16 nitrogen and oxygen atoms in total. The van der Waals surface area contributed by atoms with Gasteiger partial charge in [-0.2, -0.15) is 0 Å². The van der Waals surface area contributed by atoms with Crippen LogP contribution >= 0.6 is 0 Å². The number of carbonyl (C=O) groups is 8. The molecule has 3 amide bonds. The molecule has 16 heteroatoms. The molecule has 0 aromatic rings. The smallest absolute Gasteiger partial charge is 0.305 e. The molecule has 8 N–H and O–H groups in total. The van der Waals surface area contributed by atoms with Crippen LogP contribution in [0.25, 0.3) is 0 Å². The van der Waals surface area contributed by atoms with Gasteiger partial charge in [0, 0.05) is 6.42 Å². The summed E-state index contributed by atoms with van der Waals surface area (Å²) >= 11 is 0. The van der Waals surface area contributed by atoms with Crippen LogP contribution in [0.15, 0.2) is 0 Å². The fraction of sp³-hybridized carbons (Fsp3) is 0.556. The van der Waals surface area contributed by atoms with Crippen LogP contribution in [-0.2, 0) is 38.4 Å². The second-order valence-corrected chi connectivity index (χ2v) is 6.94. The molecule has 0 aliphatic carbocycles. The van der Waals surface area contributed by atoms with Crippen LogP contribution in [0, 0.1) is 0 Å². The van der Waals surface area contributed by atoms with Crippen molar-refractivity contribution in [3.05, 3.63) is 0 Å². The molecule has 0 aliphatic heterocycles. The Hall–Kier alpha value is -4.08. The third kappa shape index (κ3) is 12.1. The second-order valence-electron chi connectivity index (χ2n) is 6.94. The van der Waals surface area contributed by atoms with Crippen LogP contribution in [0.5, 0.6) is 0 Å². The van der Waals surface area contributed by atoms with Crippen molar-refractivity contribution in [1.29, 1.82) is 0 Å². The first-order valence-corrected chi connectivity index (χ1v) is 9.71. The lowest BCUT2D eigenvalue weighted by molar-refractivity contribution is -0.142. The Morgan fingerprint density at radius 2 is 1.09 bits per heavy atom. The van der Waals surface area contributed by atoms with Crippen LogP contribution in [0.1, 0.15) is 32.1 Å². The highest BCUT2D eigenvalue weighted by atomic mass is 16.4. The second kappa shape index (κ2) is 14.9. The quantitative estimate of drug-likeness (QED) is 0.0921. The summed E-state index contributed by atoms with van der Waals surface area (Å²) in [5.74, 6) is -9.02. The molecule has 0 spiro atoms. The van der Waals surface area contributed by atoms with Crippen molar-refractivity contribution < 1.29 is 58.8 Å². The average molecular weight is 490 g/mol. The van der Waals surface area contributed by atoms with E-state index in [-0.39, 0.29) is 6.29 Å². The van der Waals surface area contributed by atoms with Crippen LogP contribution in [-0.4, -0.2) is 99.5 Å². The number of likely N-dealkylation sites (N-methyl/N-ethyl adjacent to an activating group) is 1. The van der Waals surface area contributed by atoms with Crippen LogP contribution in [0.4, 0.5) is 0 Å². The molecule has 0 aromatic carbocycles. The molecule has 34 heavy (non-hydrogen) atoms. The first-order chi connectivity index (χ1) is 15.8. The molecule has 0 aliphatic rings. The summed E-state index contributed by atoms with van der Waals surface area (Å²) in [6.07, 6.45) is -3.49. The van der Waals surface area contributed by atoms with Gasteiger partial charge in [-0.1, -0.05) is 0 Å². The summed E-state index contributed by atoms with van der Waals surface area (Å²) in [6, 6.07) is -6.23. The molecule has 0 fully saturated rings. The average Bonchev–Trinajstić information content (AvgIpc) is 2.72. The molecular weight excluding hydrogens is 464 g/mol. The van der Waals surface area contributed by atoms with E-state index < -0.39 is 97.9 Å². The van der Waals surface area contributed by atoms with Gasteiger partial charge in [0.05, 0.1) is 31.3 Å². The topological polar surface area (TPSA) is 266 Å². The maximum atomic E-state index is 12.7. The summed E-state index contributed by atoms with van der Waals surface area (Å²) in [5, 5.41) is 44.0. The number of hydrogen-bond donors (Lipinski definition) is 8. The fourth-order valence-corrected chi connectivity index (χ4v) is 2.57. The maximum Gasteiger partial charge on any atom is 0.305 e. The Bertz CT molecular complexity index is 815. The van der Waals surface area contributed by atoms with E-state index in [2.05, 4.69) is 10.6 Å². The van der Waals surface area contributed by atoms with E-state index in [1.165, 1.54) is 7.05 Å². The van der Waals surface area contributed by atoms with Gasteiger partial charge in [-0.05, 0) is 13.5 Å². The third-order valence-electron chi connectivity index (χ3n) is 4.22. The maximum absolute atomic E-state index is 12.7. The summed E-state index contributed by atoms with van der Waals surface area (Å²) in [5.41, 5.74) is 0. The van der Waals surface area contributed by atoms with Gasteiger partial charge in [-0.25, -0.2) is 0 Å². The highest BCUT2D eigenvalue weighted by molar-refractivity contribution is 5.96. The summed E-state index contributed by atoms with van der Waals surface area (Å²) < 4.78 is 0. The van der Waals surface area contributed by atoms with E-state index in [9.17, 15) is 38.4 Å². The van der Waals surface area contributed by atoms with E-state index >= 15 is 0 Å². The Labute approximate surface area is 192 Å². The molecule has 0 heterocycles. The van der Waals surface area contributed by atoms with Gasteiger partial charge >= 0.3 is 23.9 Å². The first kappa shape index (κ1) is 29.9. The standard InChI is InChI=1S/C18H26N4O12/c1-19-10(5-14(28)29)17(33)21-9(2-3-12(24)25)16(32)22-11(6-15(30)31)18(34)20-8(7-23)4-13(26)27/h7-11,19H,2-6H2,1H3,(H,20,34)(H,21,33)(H,22,32)(H,24,25)(H,26,27)(H,28,29)(H,30,31)/t8-,9-,10-,11-/m0/s1. The lowest BCUT2D eigenvalue weighted by atomic mass is 10.1. The van der Waals surface area contributed by atoms with Crippen LogP contribution in [0.3, 0.4) is 0 Å². The van der Waals surface area contributed by atoms with Gasteiger partial charge in [-0.15, -0.1) is 0 Å². The number of rotatable bonds is 17. The van der Waals surface area contributed by atoms with Crippen molar-refractivity contribution >= 4 is 47.9 Å². The molecule has 0 saturated carbocycles. The number of aliphatic carboxylic acids is 4. The van der Waals surface area contributed by atoms with Crippen molar-refractivity contribution in [3.8, 4) is 0 Å². The van der Waals surface area contributed by atoms with Gasteiger partial charge in [0.2, 0.25) is 17.7 Å². The summed E-state index contributed by atoms with van der Waals surface area (Å²) in [4.78, 5) is 91.9. The summed E-state index contributed by atoms with van der Waals surface area (Å²) in [6.45, 7) is 0. The monoisotopic (exact) mass is 490 g/mol. The van der Waals surface area contributed by atoms with Crippen molar-refractivity contribution in [2.75, 3.05) is 7.05 Å². The van der Waals surface area contributed by atoms with E-state index in [4.69, 9.17) is 20.4 Å². The number of carbonyl (C=O) groups excluding carboxylic acids is 4. The number of carboxylic acid groups (broad SMARTS) is 4. The van der Waals surface area contributed by atoms with Crippen molar-refractivity contribution in [2.45, 2.75) is 56.3 Å². The van der Waals surface area contributed by atoms with Crippen LogP contribution in [0.2, 0.25) is 0 Å². The number of amides is 3. The number of hydrogen-bond acceptors (Lipinski definition) is 9. The molecule has 0 aromatic heterocycles. The first-order valence-electron chi connectivity index (χ1n) is 9.71. The minimum absolute atomic E-state index is 0.0991. The highest BCUT2D eigenvalue weighted by Crippen LogP contribution is 2.04. The van der Waals surface area contributed by atoms with Gasteiger partial charge in [0.1, 0.15) is 18.4 Å². The van der Waals surface area contributed by atoms with Gasteiger partial charge < -0.3 is 46.5 Å². The predicted octanol–water partition coefficient (Wildman–Crippen LogP) is -3.48. The molecule has 4 atom stereocenters. The number of aldehydes is 1. The molecule has 0 saturated heterocycles. The zero-order valence-corrected chi connectivity index (χ0v) is 18.0. The SMILES string of the molecule is CN[C@@H](CC(=O)O)C(=O)N[C@@H](CCC(=O)O)C(=O)N[C@@H](CC(=O)O)C(=O)N[C@H](C=O)CC(=O)O. The lowest BCUT2D eigenvalue weighted by Gasteiger charge is -2.24. The van der Waals surface area contributed by atoms with E-state index in [0.717, 1.165) is 0 Å². The predicted molar refractivity (Wildman–Crippen MR) is 108 cm³/mol. The molecule has 0 radical (unpaired) electrons. The van der Waals surface area contributed by atoms with E-state index in [1.807, 2.05) is 10.6 Å². The minimum Gasteiger partial charge on any atom is -0.481 e. The van der Waals surface area contributed by atoms with Crippen molar-refractivity contribution in [3.63, 3.8) is 0 Å². The number of nitrogens with one attached hydrogen (secondary N) is 4. The normalized spacial score (nSPS) is 13.9. The van der Waals surface area contributed by atoms with E-state index in [1.54, 1.807) is 0 Å². The molecule has 0 bridgehead atoms. The minimum atomic E-state index is -1.82. The van der Waals surface area contributed by atoms with Gasteiger partial charge in [0.15, 0.2) is 0 Å². The zero-order valence-electron chi connectivity index (χ0n) is 18.0. The Morgan fingerprint density at radius 1 is 0.647 bits per heavy atom.